The Labute approximate surface area is 144 Å². The first-order chi connectivity index (χ1) is 12.3. The lowest BCUT2D eigenvalue weighted by Crippen LogP contribution is -2.53. The fourth-order valence-electron chi connectivity index (χ4n) is 2.79. The molecular weight excluding hydrogens is 354 g/mol. The smallest absolute Gasteiger partial charge is 0.376 e. The SMILES string of the molecule is Cc1ccn2nc(NC3(c4ccc(C(F)(F)F)c(F)c4)COC3)nc2n1. The molecule has 0 aliphatic carbocycles. The topological polar surface area (TPSA) is 64.3 Å². The third-order valence-electron chi connectivity index (χ3n) is 4.22. The Kier molecular flexibility index (Phi) is 3.62. The number of alkyl halides is 3. The zero-order valence-corrected chi connectivity index (χ0v) is 13.5. The molecule has 0 bridgehead atoms. The number of hydrogen-bond acceptors (Lipinski definition) is 5. The fraction of sp³-hybridized carbons (Fsp3) is 0.312. The maximum Gasteiger partial charge on any atom is 0.419 e. The van der Waals surface area contributed by atoms with E-state index in [0.717, 1.165) is 17.8 Å². The van der Waals surface area contributed by atoms with Gasteiger partial charge in [0.2, 0.25) is 5.95 Å². The van der Waals surface area contributed by atoms with E-state index in [1.807, 2.05) is 6.92 Å². The van der Waals surface area contributed by atoms with Crippen molar-refractivity contribution in [3.8, 4) is 0 Å². The van der Waals surface area contributed by atoms with Gasteiger partial charge in [-0.15, -0.1) is 5.10 Å². The second kappa shape index (κ2) is 5.63. The minimum Gasteiger partial charge on any atom is -0.376 e. The van der Waals surface area contributed by atoms with E-state index in [2.05, 4.69) is 20.4 Å². The van der Waals surface area contributed by atoms with Gasteiger partial charge in [-0.3, -0.25) is 0 Å². The van der Waals surface area contributed by atoms with Crippen LogP contribution in [0.3, 0.4) is 0 Å². The van der Waals surface area contributed by atoms with Crippen LogP contribution in [0.5, 0.6) is 0 Å². The number of ether oxygens (including phenoxy) is 1. The zero-order chi connectivity index (χ0) is 18.5. The van der Waals surface area contributed by atoms with Crippen LogP contribution in [-0.2, 0) is 16.5 Å². The van der Waals surface area contributed by atoms with Gasteiger partial charge in [-0.25, -0.2) is 13.9 Å². The maximum absolute atomic E-state index is 14.0. The third-order valence-corrected chi connectivity index (χ3v) is 4.22. The highest BCUT2D eigenvalue weighted by molar-refractivity contribution is 5.44. The van der Waals surface area contributed by atoms with Crippen LogP contribution in [0.15, 0.2) is 30.5 Å². The van der Waals surface area contributed by atoms with E-state index in [4.69, 9.17) is 4.74 Å². The number of fused-ring (bicyclic) bond motifs is 1. The molecule has 0 spiro atoms. The van der Waals surface area contributed by atoms with Crippen LogP contribution >= 0.6 is 0 Å². The lowest BCUT2D eigenvalue weighted by atomic mass is 9.87. The van der Waals surface area contributed by atoms with Crippen molar-refractivity contribution in [3.05, 3.63) is 53.1 Å². The molecule has 1 aromatic carbocycles. The first-order valence-corrected chi connectivity index (χ1v) is 7.70. The van der Waals surface area contributed by atoms with Gasteiger partial charge in [0.15, 0.2) is 0 Å². The molecule has 4 rings (SSSR count). The molecule has 136 valence electrons. The van der Waals surface area contributed by atoms with E-state index in [9.17, 15) is 17.6 Å². The number of rotatable bonds is 3. The van der Waals surface area contributed by atoms with Crippen LogP contribution in [0.25, 0.3) is 5.78 Å². The van der Waals surface area contributed by atoms with Crippen LogP contribution in [0, 0.1) is 12.7 Å². The van der Waals surface area contributed by atoms with E-state index < -0.39 is 23.1 Å². The number of nitrogens with one attached hydrogen (secondary N) is 1. The number of benzene rings is 1. The lowest BCUT2D eigenvalue weighted by molar-refractivity contribution is -0.140. The Balaban J connectivity index is 1.68. The molecule has 0 amide bonds. The van der Waals surface area contributed by atoms with Gasteiger partial charge in [0, 0.05) is 11.9 Å². The summed E-state index contributed by atoms with van der Waals surface area (Å²) in [4.78, 5) is 8.47. The molecule has 0 unspecified atom stereocenters. The van der Waals surface area contributed by atoms with E-state index in [1.165, 1.54) is 10.6 Å². The summed E-state index contributed by atoms with van der Waals surface area (Å²) < 4.78 is 58.9. The summed E-state index contributed by atoms with van der Waals surface area (Å²) in [6.07, 6.45) is -3.05. The van der Waals surface area contributed by atoms with Gasteiger partial charge >= 0.3 is 6.18 Å². The molecule has 1 N–H and O–H groups in total. The Morgan fingerprint density at radius 3 is 2.58 bits per heavy atom. The molecule has 26 heavy (non-hydrogen) atoms. The third kappa shape index (κ3) is 2.75. The fourth-order valence-corrected chi connectivity index (χ4v) is 2.79. The van der Waals surface area contributed by atoms with E-state index in [0.29, 0.717) is 11.3 Å². The molecule has 1 saturated heterocycles. The summed E-state index contributed by atoms with van der Waals surface area (Å²) >= 11 is 0. The standard InChI is InChI=1S/C16H13F4N5O/c1-9-4-5-25-14(21-9)22-13(24-25)23-15(7-26-8-15)10-2-3-11(12(17)6-10)16(18,19)20/h2-6H,7-8H2,1H3,(H,23,24). The molecular formula is C16H13F4N5O. The second-order valence-electron chi connectivity index (χ2n) is 6.14. The predicted octanol–water partition coefficient (Wildman–Crippen LogP) is 2.93. The van der Waals surface area contributed by atoms with Crippen molar-refractivity contribution in [2.24, 2.45) is 0 Å². The summed E-state index contributed by atoms with van der Waals surface area (Å²) in [7, 11) is 0. The Hall–Kier alpha value is -2.75. The van der Waals surface area contributed by atoms with Crippen molar-refractivity contribution < 1.29 is 22.3 Å². The highest BCUT2D eigenvalue weighted by Gasteiger charge is 2.43. The number of hydrogen-bond donors (Lipinski definition) is 1. The van der Waals surface area contributed by atoms with Gasteiger partial charge in [0.05, 0.1) is 18.8 Å². The van der Waals surface area contributed by atoms with Crippen LogP contribution in [0.1, 0.15) is 16.8 Å². The van der Waals surface area contributed by atoms with Gasteiger partial charge in [-0.2, -0.15) is 18.2 Å². The average Bonchev–Trinajstić information content (AvgIpc) is 2.91. The molecule has 3 heterocycles. The highest BCUT2D eigenvalue weighted by Crippen LogP contribution is 2.37. The van der Waals surface area contributed by atoms with Crippen LogP contribution in [-0.4, -0.2) is 32.8 Å². The Morgan fingerprint density at radius 1 is 1.19 bits per heavy atom. The lowest BCUT2D eigenvalue weighted by Gasteiger charge is -2.42. The summed E-state index contributed by atoms with van der Waals surface area (Å²) in [5.41, 5.74) is -1.10. The average molecular weight is 367 g/mol. The van der Waals surface area contributed by atoms with Crippen molar-refractivity contribution in [1.29, 1.82) is 0 Å². The van der Waals surface area contributed by atoms with E-state index in [1.54, 1.807) is 12.3 Å². The first kappa shape index (κ1) is 16.7. The first-order valence-electron chi connectivity index (χ1n) is 7.70. The van der Waals surface area contributed by atoms with Crippen molar-refractivity contribution in [3.63, 3.8) is 0 Å². The maximum atomic E-state index is 14.0. The van der Waals surface area contributed by atoms with Crippen LogP contribution in [0.4, 0.5) is 23.5 Å². The summed E-state index contributed by atoms with van der Waals surface area (Å²) in [5.74, 6) is -0.725. The molecule has 1 aliphatic heterocycles. The molecule has 1 fully saturated rings. The monoisotopic (exact) mass is 367 g/mol. The number of halogens is 4. The largest absolute Gasteiger partial charge is 0.419 e. The van der Waals surface area contributed by atoms with Gasteiger partial charge in [-0.1, -0.05) is 6.07 Å². The van der Waals surface area contributed by atoms with E-state index >= 15 is 0 Å². The quantitative estimate of drug-likeness (QED) is 0.721. The molecule has 6 nitrogen and oxygen atoms in total. The van der Waals surface area contributed by atoms with Crippen molar-refractivity contribution >= 4 is 11.7 Å². The molecule has 10 heteroatoms. The number of nitrogens with zero attached hydrogens (tertiary/aromatic N) is 4. The summed E-state index contributed by atoms with van der Waals surface area (Å²) in [6.45, 7) is 2.12. The Bertz CT molecular complexity index is 980. The number of anilines is 1. The van der Waals surface area contributed by atoms with Gasteiger partial charge < -0.3 is 10.1 Å². The van der Waals surface area contributed by atoms with Gasteiger partial charge in [-0.05, 0) is 30.7 Å². The highest BCUT2D eigenvalue weighted by atomic mass is 19.4. The van der Waals surface area contributed by atoms with Crippen molar-refractivity contribution in [1.82, 2.24) is 19.6 Å². The predicted molar refractivity (Wildman–Crippen MR) is 83.0 cm³/mol. The molecule has 2 aromatic heterocycles. The van der Waals surface area contributed by atoms with Crippen molar-refractivity contribution in [2.45, 2.75) is 18.6 Å². The molecule has 3 aromatic rings. The van der Waals surface area contributed by atoms with Gasteiger partial charge in [0.25, 0.3) is 5.78 Å². The normalized spacial score (nSPS) is 16.5. The summed E-state index contributed by atoms with van der Waals surface area (Å²) in [5, 5.41) is 7.27. The molecule has 0 atom stereocenters. The van der Waals surface area contributed by atoms with Crippen molar-refractivity contribution in [2.75, 3.05) is 18.5 Å². The minimum atomic E-state index is -4.74. The minimum absolute atomic E-state index is 0.153. The number of aromatic nitrogens is 4. The molecule has 0 saturated carbocycles. The number of aryl methyl sites for hydroxylation is 1. The summed E-state index contributed by atoms with van der Waals surface area (Å²) in [6, 6.07) is 4.60. The molecule has 0 radical (unpaired) electrons. The second-order valence-corrected chi connectivity index (χ2v) is 6.14. The van der Waals surface area contributed by atoms with Gasteiger partial charge in [0.1, 0.15) is 11.4 Å². The zero-order valence-electron chi connectivity index (χ0n) is 13.5. The molecule has 1 aliphatic rings. The van der Waals surface area contributed by atoms with E-state index in [-0.39, 0.29) is 19.2 Å². The Morgan fingerprint density at radius 2 is 1.96 bits per heavy atom. The van der Waals surface area contributed by atoms with Crippen LogP contribution in [0.2, 0.25) is 0 Å². The van der Waals surface area contributed by atoms with Crippen LogP contribution < -0.4 is 5.32 Å².